The molecule has 0 N–H and O–H groups in total. The van der Waals surface area contributed by atoms with Crippen LogP contribution in [-0.4, -0.2) is 29.5 Å². The normalized spacial score (nSPS) is 10.4. The lowest BCUT2D eigenvalue weighted by molar-refractivity contribution is 0.0528. The Morgan fingerprint density at radius 2 is 1.41 bits per heavy atom. The van der Waals surface area contributed by atoms with Crippen molar-refractivity contribution in [1.82, 2.24) is 9.78 Å². The number of ether oxygens (including phenoxy) is 2. The van der Waals surface area contributed by atoms with Crippen molar-refractivity contribution < 1.29 is 14.3 Å². The van der Waals surface area contributed by atoms with Crippen molar-refractivity contribution in [3.63, 3.8) is 0 Å². The van der Waals surface area contributed by atoms with Gasteiger partial charge in [-0.05, 0) is 42.3 Å². The predicted octanol–water partition coefficient (Wildman–Crippen LogP) is 7.69. The molecule has 37 heavy (non-hydrogen) atoms. The number of rotatable bonds is 7. The first-order chi connectivity index (χ1) is 17.7. The molecule has 0 saturated heterocycles. The second-order valence-corrected chi connectivity index (χ2v) is 8.18. The number of nitrogens with zero attached hydrogens (tertiary/aromatic N) is 2. The molecule has 0 atom stereocenters. The second-order valence-electron chi connectivity index (χ2n) is 8.18. The Bertz CT molecular complexity index is 1490. The number of hydrogen-bond acceptors (Lipinski definition) is 4. The summed E-state index contributed by atoms with van der Waals surface area (Å²) in [5.74, 6) is 0.349. The minimum atomic E-state index is -0.408. The van der Waals surface area contributed by atoms with Crippen LogP contribution < -0.4 is 4.74 Å². The van der Waals surface area contributed by atoms with Crippen LogP contribution in [0.5, 0.6) is 5.75 Å². The molecule has 0 aliphatic heterocycles. The van der Waals surface area contributed by atoms with Gasteiger partial charge in [0.15, 0.2) is 0 Å². The molecule has 0 bridgehead atoms. The van der Waals surface area contributed by atoms with Crippen molar-refractivity contribution in [2.45, 2.75) is 14.4 Å². The minimum Gasteiger partial charge on any atom is -0.497 e. The molecular weight excluding hydrogens is 460 g/mol. The number of esters is 1. The van der Waals surface area contributed by atoms with Gasteiger partial charge in [-0.3, -0.25) is 0 Å². The Morgan fingerprint density at radius 1 is 0.784 bits per heavy atom. The quantitative estimate of drug-likeness (QED) is 0.219. The third kappa shape index (κ3) is 5.02. The lowest BCUT2D eigenvalue weighted by atomic mass is 9.94. The molecule has 5 heteroatoms. The highest BCUT2D eigenvalue weighted by Gasteiger charge is 2.29. The van der Waals surface area contributed by atoms with Crippen molar-refractivity contribution in [1.29, 1.82) is 0 Å². The molecule has 5 aromatic rings. The van der Waals surface area contributed by atoms with Crippen LogP contribution in [0.1, 0.15) is 24.7 Å². The standard InChI is InChI=1S/C31H26N2O3.CH4/c1-3-36-31(34)28-29(27-20-11-10-19-26(27)23-15-12-18-25(21-23)35-2)32-33(24-16-8-5-9-17-24)30(28)22-13-6-4-7-14-22;/h4-21H,3H2,1-2H3;1H4. The number of carbonyl (C=O) groups excluding carboxylic acids is 1. The van der Waals surface area contributed by atoms with Crippen LogP contribution in [0, 0.1) is 0 Å². The van der Waals surface area contributed by atoms with Gasteiger partial charge in [-0.25, -0.2) is 9.48 Å². The van der Waals surface area contributed by atoms with Crippen molar-refractivity contribution >= 4 is 5.97 Å². The van der Waals surface area contributed by atoms with E-state index in [9.17, 15) is 4.79 Å². The Morgan fingerprint density at radius 3 is 2.08 bits per heavy atom. The summed E-state index contributed by atoms with van der Waals surface area (Å²) in [7, 11) is 1.65. The van der Waals surface area contributed by atoms with E-state index < -0.39 is 5.97 Å². The van der Waals surface area contributed by atoms with Gasteiger partial charge in [0.1, 0.15) is 17.0 Å². The summed E-state index contributed by atoms with van der Waals surface area (Å²) in [4.78, 5) is 13.5. The van der Waals surface area contributed by atoms with Crippen LogP contribution in [0.15, 0.2) is 109 Å². The number of aromatic nitrogens is 2. The van der Waals surface area contributed by atoms with E-state index in [0.29, 0.717) is 17.0 Å². The van der Waals surface area contributed by atoms with E-state index in [0.717, 1.165) is 33.7 Å². The van der Waals surface area contributed by atoms with Gasteiger partial charge in [0, 0.05) is 11.1 Å². The molecule has 5 nitrogen and oxygen atoms in total. The van der Waals surface area contributed by atoms with Crippen LogP contribution in [0.25, 0.3) is 39.3 Å². The van der Waals surface area contributed by atoms with Gasteiger partial charge in [-0.15, -0.1) is 0 Å². The van der Waals surface area contributed by atoms with E-state index in [1.54, 1.807) is 7.11 Å². The molecule has 186 valence electrons. The van der Waals surface area contributed by atoms with Gasteiger partial charge in [0.2, 0.25) is 0 Å². The topological polar surface area (TPSA) is 53.4 Å². The molecule has 5 rings (SSSR count). The average molecular weight is 491 g/mol. The van der Waals surface area contributed by atoms with Gasteiger partial charge < -0.3 is 9.47 Å². The zero-order valence-corrected chi connectivity index (χ0v) is 20.2. The summed E-state index contributed by atoms with van der Waals surface area (Å²) >= 11 is 0. The van der Waals surface area contributed by atoms with E-state index >= 15 is 0 Å². The van der Waals surface area contributed by atoms with E-state index in [4.69, 9.17) is 14.6 Å². The van der Waals surface area contributed by atoms with Crippen LogP contribution >= 0.6 is 0 Å². The smallest absolute Gasteiger partial charge is 0.342 e. The van der Waals surface area contributed by atoms with E-state index in [2.05, 4.69) is 0 Å². The number of methoxy groups -OCH3 is 1. The third-order valence-corrected chi connectivity index (χ3v) is 5.98. The zero-order valence-electron chi connectivity index (χ0n) is 20.2. The number of carbonyl (C=O) groups is 1. The molecular formula is C32H30N2O3. The molecule has 0 aliphatic rings. The molecule has 0 fully saturated rings. The van der Waals surface area contributed by atoms with E-state index in [1.165, 1.54) is 0 Å². The van der Waals surface area contributed by atoms with Crippen LogP contribution in [-0.2, 0) is 4.74 Å². The Kier molecular flexibility index (Phi) is 7.84. The summed E-state index contributed by atoms with van der Waals surface area (Å²) < 4.78 is 12.9. The van der Waals surface area contributed by atoms with Gasteiger partial charge in [-0.1, -0.05) is 92.4 Å². The fourth-order valence-electron chi connectivity index (χ4n) is 4.35. The van der Waals surface area contributed by atoms with E-state index in [-0.39, 0.29) is 14.0 Å². The summed E-state index contributed by atoms with van der Waals surface area (Å²) in [6.07, 6.45) is 0. The maximum absolute atomic E-state index is 13.5. The molecule has 1 aromatic heterocycles. The van der Waals surface area contributed by atoms with Crippen molar-refractivity contribution in [2.75, 3.05) is 13.7 Å². The molecule has 0 radical (unpaired) electrons. The number of hydrogen-bond donors (Lipinski definition) is 0. The van der Waals surface area contributed by atoms with Crippen molar-refractivity contribution in [2.24, 2.45) is 0 Å². The molecule has 0 aliphatic carbocycles. The van der Waals surface area contributed by atoms with Crippen LogP contribution in [0.4, 0.5) is 0 Å². The number of benzene rings is 4. The summed E-state index contributed by atoms with van der Waals surface area (Å²) in [5.41, 5.74) is 6.16. The maximum Gasteiger partial charge on any atom is 0.342 e. The van der Waals surface area contributed by atoms with Gasteiger partial charge in [-0.2, -0.15) is 5.10 Å². The fraction of sp³-hybridized carbons (Fsp3) is 0.125. The van der Waals surface area contributed by atoms with Crippen molar-refractivity contribution in [3.8, 4) is 45.1 Å². The number of para-hydroxylation sites is 1. The highest BCUT2D eigenvalue weighted by molar-refractivity contribution is 6.04. The highest BCUT2D eigenvalue weighted by Crippen LogP contribution is 2.39. The van der Waals surface area contributed by atoms with Gasteiger partial charge >= 0.3 is 5.97 Å². The summed E-state index contributed by atoms with van der Waals surface area (Å²) in [6, 6.07) is 35.5. The second kappa shape index (κ2) is 11.4. The average Bonchev–Trinajstić information content (AvgIpc) is 3.35. The highest BCUT2D eigenvalue weighted by atomic mass is 16.5. The SMILES string of the molecule is C.CCOC(=O)c1c(-c2ccccc2-c2cccc(OC)c2)nn(-c2ccccc2)c1-c1ccccc1. The molecule has 4 aromatic carbocycles. The van der Waals surface area contributed by atoms with E-state index in [1.807, 2.05) is 121 Å². The third-order valence-electron chi connectivity index (χ3n) is 5.98. The molecule has 0 unspecified atom stereocenters. The molecule has 0 amide bonds. The first kappa shape index (κ1) is 25.5. The van der Waals surface area contributed by atoms with Gasteiger partial charge in [0.05, 0.1) is 25.1 Å². The largest absolute Gasteiger partial charge is 0.497 e. The van der Waals surface area contributed by atoms with Crippen LogP contribution in [0.3, 0.4) is 0 Å². The van der Waals surface area contributed by atoms with Gasteiger partial charge in [0.25, 0.3) is 0 Å². The monoisotopic (exact) mass is 490 g/mol. The predicted molar refractivity (Wildman–Crippen MR) is 149 cm³/mol. The Labute approximate surface area is 217 Å². The lowest BCUT2D eigenvalue weighted by Gasteiger charge is -2.11. The Hall–Kier alpha value is -4.64. The molecule has 0 saturated carbocycles. The molecule has 0 spiro atoms. The zero-order chi connectivity index (χ0) is 24.9. The molecule has 1 heterocycles. The maximum atomic E-state index is 13.5. The summed E-state index contributed by atoms with van der Waals surface area (Å²) in [5, 5.41) is 5.04. The van der Waals surface area contributed by atoms with Crippen molar-refractivity contribution in [3.05, 3.63) is 115 Å². The summed E-state index contributed by atoms with van der Waals surface area (Å²) in [6.45, 7) is 2.08. The lowest BCUT2D eigenvalue weighted by Crippen LogP contribution is -2.08. The first-order valence-electron chi connectivity index (χ1n) is 11.9. The fourth-order valence-corrected chi connectivity index (χ4v) is 4.35. The minimum absolute atomic E-state index is 0. The Balaban J connectivity index is 0.00000320. The van der Waals surface area contributed by atoms with Crippen LogP contribution in [0.2, 0.25) is 0 Å². The first-order valence-corrected chi connectivity index (χ1v) is 11.9.